The summed E-state index contributed by atoms with van der Waals surface area (Å²) in [5, 5.41) is 8.07. The zero-order valence-corrected chi connectivity index (χ0v) is 16.4. The Hall–Kier alpha value is -2.54. The highest BCUT2D eigenvalue weighted by Crippen LogP contribution is 2.22. The second kappa shape index (κ2) is 9.82. The van der Waals surface area contributed by atoms with E-state index in [1.54, 1.807) is 7.11 Å². The molecular formula is C19H22BrN3O3. The molecule has 3 N–H and O–H groups in total. The largest absolute Gasteiger partial charge is 0.496 e. The maximum absolute atomic E-state index is 12.0. The number of benzene rings is 2. The topological polar surface area (TPSA) is 79.5 Å². The molecule has 0 aliphatic carbocycles. The molecule has 0 aromatic heterocycles. The molecule has 0 saturated heterocycles. The molecule has 2 rings (SSSR count). The zero-order chi connectivity index (χ0) is 18.9. The second-order valence-corrected chi connectivity index (χ2v) is 6.47. The summed E-state index contributed by atoms with van der Waals surface area (Å²) in [6.07, 6.45) is 0.818. The van der Waals surface area contributed by atoms with E-state index in [0.717, 1.165) is 27.7 Å². The van der Waals surface area contributed by atoms with E-state index in [4.69, 9.17) is 4.74 Å². The van der Waals surface area contributed by atoms with Gasteiger partial charge < -0.3 is 20.7 Å². The van der Waals surface area contributed by atoms with Crippen LogP contribution in [0.4, 0.5) is 10.5 Å². The molecule has 0 bridgehead atoms. The number of methoxy groups -OCH3 is 1. The maximum Gasteiger partial charge on any atom is 0.315 e. The quantitative estimate of drug-likeness (QED) is 0.642. The lowest BCUT2D eigenvalue weighted by molar-refractivity contribution is -0.115. The van der Waals surface area contributed by atoms with Crippen LogP contribution in [0, 0.1) is 0 Å². The van der Waals surface area contributed by atoms with E-state index in [-0.39, 0.29) is 19.0 Å². The number of halogens is 1. The highest BCUT2D eigenvalue weighted by molar-refractivity contribution is 9.10. The van der Waals surface area contributed by atoms with Crippen LogP contribution in [0.25, 0.3) is 0 Å². The van der Waals surface area contributed by atoms with Crippen molar-refractivity contribution in [2.45, 2.75) is 19.9 Å². The summed E-state index contributed by atoms with van der Waals surface area (Å²) in [6, 6.07) is 12.7. The number of nitrogens with one attached hydrogen (secondary N) is 3. The van der Waals surface area contributed by atoms with Crippen molar-refractivity contribution in [1.82, 2.24) is 10.6 Å². The number of para-hydroxylation sites is 1. The van der Waals surface area contributed by atoms with E-state index in [0.29, 0.717) is 5.75 Å². The average molecular weight is 420 g/mol. The van der Waals surface area contributed by atoms with Crippen molar-refractivity contribution in [2.75, 3.05) is 19.0 Å². The summed E-state index contributed by atoms with van der Waals surface area (Å²) in [5.74, 6) is 0.406. The number of amides is 3. The number of rotatable bonds is 7. The number of hydrogen-bond acceptors (Lipinski definition) is 3. The van der Waals surface area contributed by atoms with Crippen LogP contribution in [0.15, 0.2) is 46.9 Å². The number of anilines is 1. The molecule has 7 heteroatoms. The first-order chi connectivity index (χ1) is 12.5. The summed E-state index contributed by atoms with van der Waals surface area (Å²) in [4.78, 5) is 24.0. The number of aryl methyl sites for hydroxylation is 1. The van der Waals surface area contributed by atoms with Crippen molar-refractivity contribution < 1.29 is 14.3 Å². The van der Waals surface area contributed by atoms with Crippen LogP contribution >= 0.6 is 15.9 Å². The summed E-state index contributed by atoms with van der Waals surface area (Å²) in [7, 11) is 1.57. The Morgan fingerprint density at radius 2 is 1.85 bits per heavy atom. The van der Waals surface area contributed by atoms with Gasteiger partial charge in [-0.2, -0.15) is 0 Å². The molecule has 2 aromatic rings. The minimum absolute atomic E-state index is 0.112. The second-order valence-electron chi connectivity index (χ2n) is 5.55. The van der Waals surface area contributed by atoms with Crippen LogP contribution in [-0.4, -0.2) is 25.6 Å². The Morgan fingerprint density at radius 3 is 2.58 bits per heavy atom. The van der Waals surface area contributed by atoms with Gasteiger partial charge in [0.1, 0.15) is 5.75 Å². The zero-order valence-electron chi connectivity index (χ0n) is 14.8. The lowest BCUT2D eigenvalue weighted by Crippen LogP contribution is -2.39. The highest BCUT2D eigenvalue weighted by Gasteiger charge is 2.09. The Labute approximate surface area is 161 Å². The molecule has 6 nitrogen and oxygen atoms in total. The fraction of sp³-hybridized carbons (Fsp3) is 0.263. The summed E-state index contributed by atoms with van der Waals surface area (Å²) in [5.41, 5.74) is 2.64. The molecule has 26 heavy (non-hydrogen) atoms. The van der Waals surface area contributed by atoms with E-state index in [9.17, 15) is 9.59 Å². The minimum Gasteiger partial charge on any atom is -0.496 e. The number of carbonyl (C=O) groups excluding carboxylic acids is 2. The fourth-order valence-electron chi connectivity index (χ4n) is 2.43. The lowest BCUT2D eigenvalue weighted by Gasteiger charge is -2.12. The van der Waals surface area contributed by atoms with Gasteiger partial charge in [-0.15, -0.1) is 0 Å². The Balaban J connectivity index is 1.81. The van der Waals surface area contributed by atoms with Crippen molar-refractivity contribution in [3.05, 3.63) is 58.1 Å². The molecule has 0 atom stereocenters. The molecule has 0 aliphatic heterocycles. The number of ether oxygens (including phenoxy) is 1. The molecule has 0 fully saturated rings. The van der Waals surface area contributed by atoms with Crippen LogP contribution in [0.3, 0.4) is 0 Å². The molecule has 0 saturated carbocycles. The van der Waals surface area contributed by atoms with Crippen molar-refractivity contribution in [1.29, 1.82) is 0 Å². The smallest absolute Gasteiger partial charge is 0.315 e. The van der Waals surface area contributed by atoms with E-state index in [1.165, 1.54) is 0 Å². The van der Waals surface area contributed by atoms with Gasteiger partial charge in [-0.25, -0.2) is 4.79 Å². The predicted octanol–water partition coefficient (Wildman–Crippen LogP) is 3.46. The van der Waals surface area contributed by atoms with Gasteiger partial charge >= 0.3 is 6.03 Å². The van der Waals surface area contributed by atoms with Gasteiger partial charge in [0, 0.05) is 22.3 Å². The third kappa shape index (κ3) is 5.77. The maximum atomic E-state index is 12.0. The molecule has 0 unspecified atom stereocenters. The molecule has 0 aliphatic rings. The van der Waals surface area contributed by atoms with Crippen LogP contribution in [0.1, 0.15) is 18.1 Å². The van der Waals surface area contributed by atoms with E-state index >= 15 is 0 Å². The predicted molar refractivity (Wildman–Crippen MR) is 105 cm³/mol. The van der Waals surface area contributed by atoms with E-state index < -0.39 is 6.03 Å². The Kier molecular flexibility index (Phi) is 7.47. The van der Waals surface area contributed by atoms with Crippen LogP contribution in [-0.2, 0) is 17.8 Å². The Bertz CT molecular complexity index is 780. The van der Waals surface area contributed by atoms with Gasteiger partial charge in [-0.3, -0.25) is 4.79 Å². The molecule has 0 heterocycles. The molecular weight excluding hydrogens is 398 g/mol. The summed E-state index contributed by atoms with van der Waals surface area (Å²) in [6.45, 7) is 2.20. The number of carbonyl (C=O) groups is 2. The standard InChI is InChI=1S/C19H22BrN3O3/c1-3-13-6-4-5-7-16(13)23-18(24)12-22-19(25)21-11-14-10-15(20)8-9-17(14)26-2/h4-10H,3,11-12H2,1-2H3,(H,23,24)(H2,21,22,25). The molecule has 138 valence electrons. The molecule has 0 spiro atoms. The SMILES string of the molecule is CCc1ccccc1NC(=O)CNC(=O)NCc1cc(Br)ccc1OC. The van der Waals surface area contributed by atoms with Gasteiger partial charge in [0.2, 0.25) is 5.91 Å². The molecule has 0 radical (unpaired) electrons. The van der Waals surface area contributed by atoms with Crippen molar-refractivity contribution in [3.63, 3.8) is 0 Å². The van der Waals surface area contributed by atoms with Crippen molar-refractivity contribution in [2.24, 2.45) is 0 Å². The van der Waals surface area contributed by atoms with E-state index in [2.05, 4.69) is 31.9 Å². The Morgan fingerprint density at radius 1 is 1.08 bits per heavy atom. The monoisotopic (exact) mass is 419 g/mol. The summed E-state index contributed by atoms with van der Waals surface area (Å²) < 4.78 is 6.16. The summed E-state index contributed by atoms with van der Waals surface area (Å²) >= 11 is 3.39. The number of urea groups is 1. The minimum atomic E-state index is -0.425. The van der Waals surface area contributed by atoms with Crippen LogP contribution < -0.4 is 20.7 Å². The first-order valence-electron chi connectivity index (χ1n) is 8.25. The molecule has 3 amide bonds. The van der Waals surface area contributed by atoms with Gasteiger partial charge in [-0.1, -0.05) is 41.1 Å². The van der Waals surface area contributed by atoms with Gasteiger partial charge in [0.05, 0.1) is 13.7 Å². The molecule has 2 aromatic carbocycles. The van der Waals surface area contributed by atoms with Crippen molar-refractivity contribution in [3.8, 4) is 5.75 Å². The van der Waals surface area contributed by atoms with Crippen molar-refractivity contribution >= 4 is 33.6 Å². The normalized spacial score (nSPS) is 10.1. The van der Waals surface area contributed by atoms with Crippen LogP contribution in [0.2, 0.25) is 0 Å². The fourth-order valence-corrected chi connectivity index (χ4v) is 2.84. The van der Waals surface area contributed by atoms with E-state index in [1.807, 2.05) is 49.4 Å². The van der Waals surface area contributed by atoms with Gasteiger partial charge in [0.15, 0.2) is 0 Å². The third-order valence-corrected chi connectivity index (χ3v) is 4.26. The van der Waals surface area contributed by atoms with Gasteiger partial charge in [0.25, 0.3) is 0 Å². The highest BCUT2D eigenvalue weighted by atomic mass is 79.9. The third-order valence-electron chi connectivity index (χ3n) is 3.76. The first kappa shape index (κ1) is 19.8. The van der Waals surface area contributed by atoms with Crippen LogP contribution in [0.5, 0.6) is 5.75 Å². The first-order valence-corrected chi connectivity index (χ1v) is 9.04. The lowest BCUT2D eigenvalue weighted by atomic mass is 10.1. The number of hydrogen-bond donors (Lipinski definition) is 3. The average Bonchev–Trinajstić information content (AvgIpc) is 2.65. The van der Waals surface area contributed by atoms with Gasteiger partial charge in [-0.05, 0) is 36.2 Å².